The lowest BCUT2D eigenvalue weighted by atomic mass is 10.2. The van der Waals surface area contributed by atoms with Gasteiger partial charge in [0.2, 0.25) is 0 Å². The number of anilines is 2. The number of amides is 2. The second-order valence-corrected chi connectivity index (χ2v) is 7.67. The molecule has 5 rings (SSSR count). The molecule has 164 valence electrons. The fourth-order valence-electron chi connectivity index (χ4n) is 4.13. The van der Waals surface area contributed by atoms with Crippen LogP contribution in [0.5, 0.6) is 5.75 Å². The molecule has 0 bridgehead atoms. The normalized spacial score (nSPS) is 14.2. The van der Waals surface area contributed by atoms with E-state index in [0.29, 0.717) is 49.7 Å². The molecule has 32 heavy (non-hydrogen) atoms. The molecule has 0 atom stereocenters. The molecule has 0 saturated carbocycles. The van der Waals surface area contributed by atoms with Gasteiger partial charge in [0.15, 0.2) is 5.82 Å². The molecule has 0 unspecified atom stereocenters. The molecule has 1 N–H and O–H groups in total. The first-order valence-corrected chi connectivity index (χ1v) is 10.7. The molecule has 0 aliphatic carbocycles. The van der Waals surface area contributed by atoms with Gasteiger partial charge in [-0.1, -0.05) is 12.1 Å². The van der Waals surface area contributed by atoms with Crippen molar-refractivity contribution in [1.29, 1.82) is 0 Å². The third-order valence-electron chi connectivity index (χ3n) is 5.70. The van der Waals surface area contributed by atoms with Crippen LogP contribution in [0.4, 0.5) is 20.7 Å². The molecule has 0 spiro atoms. The molecule has 1 saturated heterocycles. The fraction of sp³-hybridized carbons (Fsp3) is 0.250. The third-order valence-corrected chi connectivity index (χ3v) is 5.70. The van der Waals surface area contributed by atoms with Crippen LogP contribution in [0.1, 0.15) is 6.92 Å². The molecule has 4 aromatic rings. The Morgan fingerprint density at radius 2 is 1.88 bits per heavy atom. The van der Waals surface area contributed by atoms with Gasteiger partial charge >= 0.3 is 6.03 Å². The van der Waals surface area contributed by atoms with Gasteiger partial charge in [0.1, 0.15) is 11.6 Å². The van der Waals surface area contributed by atoms with Crippen LogP contribution in [-0.2, 0) is 0 Å². The number of halogens is 1. The quantitative estimate of drug-likeness (QED) is 0.519. The lowest BCUT2D eigenvalue weighted by molar-refractivity contribution is 0.208. The summed E-state index contributed by atoms with van der Waals surface area (Å²) in [6.45, 7) is 4.82. The van der Waals surface area contributed by atoms with E-state index >= 15 is 0 Å². The van der Waals surface area contributed by atoms with Crippen molar-refractivity contribution in [3.63, 3.8) is 0 Å². The zero-order valence-corrected chi connectivity index (χ0v) is 17.8. The largest absolute Gasteiger partial charge is 0.492 e. The van der Waals surface area contributed by atoms with Crippen LogP contribution in [-0.4, -0.2) is 53.1 Å². The maximum atomic E-state index is 13.8. The van der Waals surface area contributed by atoms with Gasteiger partial charge in [-0.2, -0.15) is 0 Å². The molecule has 3 heterocycles. The molecule has 0 radical (unpaired) electrons. The molecule has 2 aromatic carbocycles. The zero-order chi connectivity index (χ0) is 22.1. The number of ether oxygens (including phenoxy) is 1. The van der Waals surface area contributed by atoms with E-state index in [1.807, 2.05) is 53.9 Å². The molecular weight excluding hydrogens is 409 g/mol. The first-order chi connectivity index (χ1) is 15.6. The second kappa shape index (κ2) is 8.37. The first-order valence-electron chi connectivity index (χ1n) is 10.7. The van der Waals surface area contributed by atoms with E-state index in [2.05, 4.69) is 10.2 Å². The van der Waals surface area contributed by atoms with E-state index in [0.717, 1.165) is 16.9 Å². The van der Waals surface area contributed by atoms with Gasteiger partial charge < -0.3 is 24.3 Å². The summed E-state index contributed by atoms with van der Waals surface area (Å²) in [5, 5.41) is 2.96. The average Bonchev–Trinajstić information content (AvgIpc) is 3.30. The number of urea groups is 1. The van der Waals surface area contributed by atoms with Crippen molar-refractivity contribution >= 4 is 34.1 Å². The molecule has 1 aliphatic heterocycles. The number of nitrogens with one attached hydrogen (secondary N) is 1. The molecule has 7 nitrogen and oxygen atoms in total. The van der Waals surface area contributed by atoms with Crippen molar-refractivity contribution in [3.8, 4) is 5.75 Å². The predicted octanol–water partition coefficient (Wildman–Crippen LogP) is 4.38. The van der Waals surface area contributed by atoms with Crippen LogP contribution in [0.25, 0.3) is 16.6 Å². The Morgan fingerprint density at radius 3 is 2.69 bits per heavy atom. The van der Waals surface area contributed by atoms with Crippen LogP contribution in [0.3, 0.4) is 0 Å². The van der Waals surface area contributed by atoms with Crippen LogP contribution in [0, 0.1) is 5.82 Å². The lowest BCUT2D eigenvalue weighted by Crippen LogP contribution is -2.50. The first kappa shape index (κ1) is 20.1. The smallest absolute Gasteiger partial charge is 0.322 e. The van der Waals surface area contributed by atoms with Crippen LogP contribution < -0.4 is 15.0 Å². The van der Waals surface area contributed by atoms with Gasteiger partial charge in [-0.3, -0.25) is 0 Å². The number of hydrogen-bond acceptors (Lipinski definition) is 4. The SMILES string of the molecule is CCOc1ccccc1NC(=O)N1CCN(c2nc3cc(F)ccc3n3cccc23)CC1. The van der Waals surface area contributed by atoms with Crippen molar-refractivity contribution in [2.75, 3.05) is 43.0 Å². The van der Waals surface area contributed by atoms with Crippen LogP contribution in [0.2, 0.25) is 0 Å². The van der Waals surface area contributed by atoms with Gasteiger partial charge in [-0.05, 0) is 43.3 Å². The number of carbonyl (C=O) groups is 1. The summed E-state index contributed by atoms with van der Waals surface area (Å²) in [7, 11) is 0. The number of carbonyl (C=O) groups excluding carboxylic acids is 1. The Balaban J connectivity index is 1.33. The molecule has 8 heteroatoms. The minimum absolute atomic E-state index is 0.154. The van der Waals surface area contributed by atoms with Gasteiger partial charge in [-0.25, -0.2) is 14.2 Å². The summed E-state index contributed by atoms with van der Waals surface area (Å²) in [4.78, 5) is 21.5. The maximum absolute atomic E-state index is 13.8. The van der Waals surface area contributed by atoms with Gasteiger partial charge in [0, 0.05) is 38.4 Å². The third kappa shape index (κ3) is 3.68. The monoisotopic (exact) mass is 433 g/mol. The molecule has 2 amide bonds. The van der Waals surface area contributed by atoms with E-state index < -0.39 is 0 Å². The van der Waals surface area contributed by atoms with Crippen molar-refractivity contribution in [3.05, 3.63) is 66.6 Å². The molecular formula is C24H24FN5O2. The van der Waals surface area contributed by atoms with Gasteiger partial charge in [0.05, 0.1) is 28.8 Å². The number of benzene rings is 2. The van der Waals surface area contributed by atoms with E-state index in [9.17, 15) is 9.18 Å². The average molecular weight is 433 g/mol. The van der Waals surface area contributed by atoms with Crippen molar-refractivity contribution in [2.24, 2.45) is 0 Å². The lowest BCUT2D eigenvalue weighted by Gasteiger charge is -2.35. The number of aromatic nitrogens is 2. The number of piperazine rings is 1. The van der Waals surface area contributed by atoms with E-state index in [1.54, 1.807) is 11.0 Å². The fourth-order valence-corrected chi connectivity index (χ4v) is 4.13. The van der Waals surface area contributed by atoms with E-state index in [-0.39, 0.29) is 11.8 Å². The van der Waals surface area contributed by atoms with E-state index in [4.69, 9.17) is 9.72 Å². The summed E-state index contributed by atoms with van der Waals surface area (Å²) >= 11 is 0. The highest BCUT2D eigenvalue weighted by molar-refractivity contribution is 5.91. The standard InChI is InChI=1S/C24H24FN5O2/c1-2-32-22-8-4-3-6-18(22)27-24(31)29-14-12-28(13-15-29)23-21-7-5-11-30(21)20-10-9-17(25)16-19(20)26-23/h3-11,16H,2,12-15H2,1H3,(H,27,31). The summed E-state index contributed by atoms with van der Waals surface area (Å²) < 4.78 is 21.4. The summed E-state index contributed by atoms with van der Waals surface area (Å²) in [5.41, 5.74) is 3.10. The van der Waals surface area contributed by atoms with Crippen molar-refractivity contribution in [1.82, 2.24) is 14.3 Å². The van der Waals surface area contributed by atoms with Crippen LogP contribution >= 0.6 is 0 Å². The van der Waals surface area contributed by atoms with E-state index in [1.165, 1.54) is 12.1 Å². The number of fused-ring (bicyclic) bond motifs is 3. The number of para-hydroxylation sites is 2. The Labute approximate surface area is 185 Å². The summed E-state index contributed by atoms with van der Waals surface area (Å²) in [6.07, 6.45) is 1.96. The minimum Gasteiger partial charge on any atom is -0.492 e. The molecule has 1 fully saturated rings. The zero-order valence-electron chi connectivity index (χ0n) is 17.8. The van der Waals surface area contributed by atoms with Crippen molar-refractivity contribution < 1.29 is 13.9 Å². The highest BCUT2D eigenvalue weighted by Gasteiger charge is 2.24. The Kier molecular flexibility index (Phi) is 5.26. The van der Waals surface area contributed by atoms with Gasteiger partial charge in [-0.15, -0.1) is 0 Å². The van der Waals surface area contributed by atoms with Crippen LogP contribution in [0.15, 0.2) is 60.8 Å². The number of nitrogens with zero attached hydrogens (tertiary/aromatic N) is 4. The summed E-state index contributed by atoms with van der Waals surface area (Å²) in [5.74, 6) is 1.15. The highest BCUT2D eigenvalue weighted by Crippen LogP contribution is 2.27. The number of rotatable bonds is 4. The molecule has 2 aromatic heterocycles. The summed E-state index contributed by atoms with van der Waals surface area (Å²) in [6, 6.07) is 15.9. The topological polar surface area (TPSA) is 62.1 Å². The highest BCUT2D eigenvalue weighted by atomic mass is 19.1. The Hall–Kier alpha value is -3.81. The Bertz CT molecular complexity index is 1280. The molecule has 1 aliphatic rings. The second-order valence-electron chi connectivity index (χ2n) is 7.67. The predicted molar refractivity (Wildman–Crippen MR) is 123 cm³/mol. The number of hydrogen-bond donors (Lipinski definition) is 1. The van der Waals surface area contributed by atoms with Crippen molar-refractivity contribution in [2.45, 2.75) is 6.92 Å². The minimum atomic E-state index is -0.309. The maximum Gasteiger partial charge on any atom is 0.322 e. The Morgan fingerprint density at radius 1 is 1.06 bits per heavy atom. The van der Waals surface area contributed by atoms with Gasteiger partial charge in [0.25, 0.3) is 0 Å².